The summed E-state index contributed by atoms with van der Waals surface area (Å²) in [6, 6.07) is 14.1. The molecule has 2 aromatic heterocycles. The Morgan fingerprint density at radius 2 is 2.00 bits per heavy atom. The van der Waals surface area contributed by atoms with Gasteiger partial charge in [0.05, 0.1) is 23.6 Å². The summed E-state index contributed by atoms with van der Waals surface area (Å²) in [5.74, 6) is 0.814. The van der Waals surface area contributed by atoms with E-state index in [-0.39, 0.29) is 0 Å². The molecular weight excluding hydrogens is 318 g/mol. The second kappa shape index (κ2) is 7.43. The Morgan fingerprint density at radius 3 is 2.62 bits per heavy atom. The van der Waals surface area contributed by atoms with Crippen molar-refractivity contribution in [3.8, 4) is 16.8 Å². The molecule has 24 heavy (non-hydrogen) atoms. The Kier molecular flexibility index (Phi) is 5.09. The summed E-state index contributed by atoms with van der Waals surface area (Å²) < 4.78 is 5.41. The summed E-state index contributed by atoms with van der Waals surface area (Å²) in [5, 5.41) is 11.9. The lowest BCUT2D eigenvalue weighted by Gasteiger charge is -2.25. The zero-order valence-electron chi connectivity index (χ0n) is 13.8. The Morgan fingerprint density at radius 1 is 1.21 bits per heavy atom. The van der Waals surface area contributed by atoms with Crippen molar-refractivity contribution >= 4 is 11.3 Å². The molecule has 2 heterocycles. The number of aromatic nitrogens is 1. The summed E-state index contributed by atoms with van der Waals surface area (Å²) in [7, 11) is 0. The first-order valence-electron chi connectivity index (χ1n) is 7.87. The summed E-state index contributed by atoms with van der Waals surface area (Å²) in [6.45, 7) is 5.98. The van der Waals surface area contributed by atoms with Gasteiger partial charge in [0.1, 0.15) is 0 Å². The Hall–Kier alpha value is -2.42. The van der Waals surface area contributed by atoms with Crippen LogP contribution < -0.4 is 0 Å². The maximum absolute atomic E-state index is 8.90. The number of thiazole rings is 1. The highest BCUT2D eigenvalue weighted by molar-refractivity contribution is 7.13. The predicted octanol–water partition coefficient (Wildman–Crippen LogP) is 4.69. The minimum Gasteiger partial charge on any atom is -0.462 e. The quantitative estimate of drug-likeness (QED) is 0.655. The van der Waals surface area contributed by atoms with Crippen molar-refractivity contribution in [2.24, 2.45) is 0 Å². The van der Waals surface area contributed by atoms with Gasteiger partial charge in [0.15, 0.2) is 10.8 Å². The van der Waals surface area contributed by atoms with Gasteiger partial charge in [-0.15, -0.1) is 11.3 Å². The lowest BCUT2D eigenvalue weighted by Crippen LogP contribution is -2.29. The van der Waals surface area contributed by atoms with Crippen LogP contribution >= 0.6 is 11.3 Å². The molecule has 0 bridgehead atoms. The molecule has 5 heteroatoms. The standard InChI is InChI=1S/C19H19N3OS/c1-14(2)22(11-16-7-5-15(10-20)6-8-16)12-17-13-24-19(21-17)18-4-3-9-23-18/h3-9,13-14H,11-12H2,1-2H3. The molecule has 4 nitrogen and oxygen atoms in total. The smallest absolute Gasteiger partial charge is 0.162 e. The van der Waals surface area contributed by atoms with E-state index in [4.69, 9.17) is 9.68 Å². The van der Waals surface area contributed by atoms with Gasteiger partial charge in [-0.25, -0.2) is 4.98 Å². The van der Waals surface area contributed by atoms with Gasteiger partial charge in [-0.2, -0.15) is 5.26 Å². The van der Waals surface area contributed by atoms with Gasteiger partial charge in [0, 0.05) is 24.5 Å². The lowest BCUT2D eigenvalue weighted by atomic mass is 10.1. The maximum atomic E-state index is 8.90. The molecule has 3 rings (SSSR count). The van der Waals surface area contributed by atoms with Crippen molar-refractivity contribution in [3.05, 3.63) is 64.9 Å². The van der Waals surface area contributed by atoms with Gasteiger partial charge in [-0.1, -0.05) is 12.1 Å². The number of nitrogens with zero attached hydrogens (tertiary/aromatic N) is 3. The van der Waals surface area contributed by atoms with Crippen LogP contribution in [0.15, 0.2) is 52.5 Å². The molecule has 0 N–H and O–H groups in total. The summed E-state index contributed by atoms with van der Waals surface area (Å²) in [5.41, 5.74) is 2.94. The van der Waals surface area contributed by atoms with Crippen molar-refractivity contribution in [2.45, 2.75) is 33.0 Å². The highest BCUT2D eigenvalue weighted by atomic mass is 32.1. The summed E-state index contributed by atoms with van der Waals surface area (Å²) in [6.07, 6.45) is 1.67. The molecule has 0 saturated carbocycles. The van der Waals surface area contributed by atoms with E-state index < -0.39 is 0 Å². The number of nitriles is 1. The lowest BCUT2D eigenvalue weighted by molar-refractivity contribution is 0.201. The first-order valence-corrected chi connectivity index (χ1v) is 8.75. The minimum atomic E-state index is 0.398. The van der Waals surface area contributed by atoms with Gasteiger partial charge >= 0.3 is 0 Å². The fourth-order valence-electron chi connectivity index (χ4n) is 2.44. The van der Waals surface area contributed by atoms with Gasteiger partial charge < -0.3 is 4.42 Å². The topological polar surface area (TPSA) is 53.1 Å². The average Bonchev–Trinajstić information content (AvgIpc) is 3.26. The average molecular weight is 337 g/mol. The number of rotatable bonds is 6. The second-order valence-corrected chi connectivity index (χ2v) is 6.79. The molecule has 0 fully saturated rings. The molecular formula is C19H19N3OS. The normalized spacial score (nSPS) is 11.1. The first-order chi connectivity index (χ1) is 11.7. The Labute approximate surface area is 146 Å². The van der Waals surface area contributed by atoms with E-state index in [2.05, 4.69) is 35.2 Å². The molecule has 0 amide bonds. The van der Waals surface area contributed by atoms with Gasteiger partial charge in [0.2, 0.25) is 0 Å². The van der Waals surface area contributed by atoms with Crippen LogP contribution in [0.4, 0.5) is 0 Å². The number of furan rings is 1. The number of hydrogen-bond acceptors (Lipinski definition) is 5. The van der Waals surface area contributed by atoms with Gasteiger partial charge in [-0.3, -0.25) is 4.90 Å². The highest BCUT2D eigenvalue weighted by Crippen LogP contribution is 2.25. The van der Waals surface area contributed by atoms with Crippen LogP contribution in [0, 0.1) is 11.3 Å². The van der Waals surface area contributed by atoms with Crippen molar-refractivity contribution in [1.82, 2.24) is 9.88 Å². The first kappa shape index (κ1) is 16.4. The molecule has 0 unspecified atom stereocenters. The van der Waals surface area contributed by atoms with E-state index in [9.17, 15) is 0 Å². The fraction of sp³-hybridized carbons (Fsp3) is 0.263. The van der Waals surface area contributed by atoms with Crippen LogP contribution in [0.2, 0.25) is 0 Å². The van der Waals surface area contributed by atoms with Crippen LogP contribution in [0.1, 0.15) is 30.7 Å². The molecule has 122 valence electrons. The summed E-state index contributed by atoms with van der Waals surface area (Å²) >= 11 is 1.60. The highest BCUT2D eigenvalue weighted by Gasteiger charge is 2.14. The zero-order valence-corrected chi connectivity index (χ0v) is 14.6. The van der Waals surface area contributed by atoms with Crippen LogP contribution in [0.25, 0.3) is 10.8 Å². The van der Waals surface area contributed by atoms with Crippen LogP contribution in [0.5, 0.6) is 0 Å². The van der Waals surface area contributed by atoms with E-state index in [1.807, 2.05) is 36.4 Å². The van der Waals surface area contributed by atoms with Crippen LogP contribution in [0.3, 0.4) is 0 Å². The van der Waals surface area contributed by atoms with Crippen LogP contribution in [-0.4, -0.2) is 15.9 Å². The Balaban J connectivity index is 1.71. The monoisotopic (exact) mass is 337 g/mol. The third-order valence-corrected chi connectivity index (χ3v) is 4.75. The van der Waals surface area contributed by atoms with E-state index >= 15 is 0 Å². The third kappa shape index (κ3) is 3.91. The van der Waals surface area contributed by atoms with Crippen molar-refractivity contribution in [1.29, 1.82) is 5.26 Å². The molecule has 0 aliphatic carbocycles. The van der Waals surface area contributed by atoms with E-state index in [0.717, 1.165) is 29.6 Å². The molecule has 0 atom stereocenters. The van der Waals surface area contributed by atoms with Crippen LogP contribution in [-0.2, 0) is 13.1 Å². The van der Waals surface area contributed by atoms with Gasteiger partial charge in [0.25, 0.3) is 0 Å². The summed E-state index contributed by atoms with van der Waals surface area (Å²) in [4.78, 5) is 7.05. The molecule has 0 aliphatic heterocycles. The third-order valence-electron chi connectivity index (χ3n) is 3.85. The second-order valence-electron chi connectivity index (χ2n) is 5.93. The predicted molar refractivity (Wildman–Crippen MR) is 95.4 cm³/mol. The molecule has 1 aromatic carbocycles. The maximum Gasteiger partial charge on any atom is 0.162 e. The van der Waals surface area contributed by atoms with E-state index in [0.29, 0.717) is 11.6 Å². The number of hydrogen-bond donors (Lipinski definition) is 0. The van der Waals surface area contributed by atoms with Crippen molar-refractivity contribution in [3.63, 3.8) is 0 Å². The molecule has 0 radical (unpaired) electrons. The largest absolute Gasteiger partial charge is 0.462 e. The fourth-order valence-corrected chi connectivity index (χ4v) is 3.22. The molecule has 0 saturated heterocycles. The van der Waals surface area contributed by atoms with E-state index in [1.54, 1.807) is 17.6 Å². The zero-order chi connectivity index (χ0) is 16.9. The minimum absolute atomic E-state index is 0.398. The molecule has 0 spiro atoms. The van der Waals surface area contributed by atoms with E-state index in [1.165, 1.54) is 5.56 Å². The van der Waals surface area contributed by atoms with Crippen molar-refractivity contribution in [2.75, 3.05) is 0 Å². The van der Waals surface area contributed by atoms with Gasteiger partial charge in [-0.05, 0) is 43.7 Å². The van der Waals surface area contributed by atoms with Crippen molar-refractivity contribution < 1.29 is 4.42 Å². The molecule has 0 aliphatic rings. The SMILES string of the molecule is CC(C)N(Cc1ccc(C#N)cc1)Cc1csc(-c2ccco2)n1. The Bertz CT molecular complexity index is 813. The molecule has 3 aromatic rings. The number of benzene rings is 1.